The minimum absolute atomic E-state index is 0.00599. The van der Waals surface area contributed by atoms with Crippen LogP contribution in [0.25, 0.3) is 0 Å². The van der Waals surface area contributed by atoms with E-state index in [9.17, 15) is 28.8 Å². The molecule has 0 N–H and O–H groups in total. The van der Waals surface area contributed by atoms with Gasteiger partial charge in [-0.3, -0.25) is 19.2 Å². The minimum atomic E-state index is -1.50. The Morgan fingerprint density at radius 2 is 0.980 bits per heavy atom. The van der Waals surface area contributed by atoms with Gasteiger partial charge in [0, 0.05) is 51.4 Å². The largest absolute Gasteiger partial charge is 0.457 e. The van der Waals surface area contributed by atoms with E-state index in [0.29, 0.717) is 12.8 Å². The SMILES string of the molecule is C=C(C)[C@@H]1CC[C@@]23O[C@@H]2[C@@H](C[C@@]2(C)CC(=O)[C@H](CC(=O)C1)O2)OC(=O)[C@]12CC[C@@H](C(=C)C)CC(=O)C[C@H]4O[C@](C)(CC4=O)C[C@@H](OC3=O)[C@H]1O2. The lowest BCUT2D eigenvalue weighted by atomic mass is 9.81. The number of ether oxygens (including phenoxy) is 6. The first-order valence-corrected chi connectivity index (χ1v) is 18.0. The molecule has 7 aliphatic rings. The predicted octanol–water partition coefficient (Wildman–Crippen LogP) is 3.78. The maximum Gasteiger partial charge on any atom is 0.341 e. The molecule has 7 saturated heterocycles. The molecule has 12 nitrogen and oxygen atoms in total. The van der Waals surface area contributed by atoms with Crippen LogP contribution in [-0.4, -0.2) is 94.1 Å². The highest BCUT2D eigenvalue weighted by atomic mass is 16.7. The summed E-state index contributed by atoms with van der Waals surface area (Å²) in [4.78, 5) is 81.6. The summed E-state index contributed by atoms with van der Waals surface area (Å²) >= 11 is 0. The maximum atomic E-state index is 14.5. The molecule has 0 unspecified atom stereocenters. The third kappa shape index (κ3) is 6.34. The summed E-state index contributed by atoms with van der Waals surface area (Å²) in [6.45, 7) is 15.3. The summed E-state index contributed by atoms with van der Waals surface area (Å²) in [5.74, 6) is -2.58. The van der Waals surface area contributed by atoms with Gasteiger partial charge in [-0.25, -0.2) is 9.59 Å². The van der Waals surface area contributed by atoms with Gasteiger partial charge in [0.15, 0.2) is 22.8 Å². The number of epoxide rings is 2. The predicted molar refractivity (Wildman–Crippen MR) is 174 cm³/mol. The van der Waals surface area contributed by atoms with Crippen molar-refractivity contribution >= 4 is 35.1 Å². The Morgan fingerprint density at radius 3 is 1.34 bits per heavy atom. The Kier molecular flexibility index (Phi) is 8.68. The summed E-state index contributed by atoms with van der Waals surface area (Å²) < 4.78 is 37.7. The van der Waals surface area contributed by atoms with E-state index in [1.165, 1.54) is 0 Å². The maximum absolute atomic E-state index is 14.5. The monoisotopic (exact) mass is 696 g/mol. The van der Waals surface area contributed by atoms with Gasteiger partial charge in [0.2, 0.25) is 0 Å². The van der Waals surface area contributed by atoms with Crippen molar-refractivity contribution < 1.29 is 57.2 Å². The fourth-order valence-corrected chi connectivity index (χ4v) is 9.19. The third-order valence-electron chi connectivity index (χ3n) is 12.2. The van der Waals surface area contributed by atoms with Crippen LogP contribution >= 0.6 is 0 Å². The van der Waals surface area contributed by atoms with Gasteiger partial charge < -0.3 is 28.4 Å². The molecule has 0 aromatic rings. The van der Waals surface area contributed by atoms with E-state index in [1.54, 1.807) is 13.8 Å². The standard InChI is InChI=1S/C38H48O12/c1-19(2)21-7-9-37-31(49-37)29(17-35(5)15-25(41)27(47-35)13-23(39)11-21)46-34(44)38-10-8-22(20(3)4)12-24(40)14-28-26(42)16-36(6,48-28)18-30(32(38)50-38)45-33(37)43/h21-22,27-32H,1,3,7-18H2,2,4-6H3/t21-,22-,27-,28+,29-,30-,31-,32-,35-,36-,37+,38-/m1/s1. The zero-order valence-corrected chi connectivity index (χ0v) is 29.4. The topological polar surface area (TPSA) is 164 Å². The van der Waals surface area contributed by atoms with Crippen LogP contribution in [0.5, 0.6) is 0 Å². The van der Waals surface area contributed by atoms with Crippen molar-refractivity contribution in [2.45, 2.75) is 164 Å². The average Bonchev–Trinajstić information content (AvgIpc) is 3.88. The van der Waals surface area contributed by atoms with Crippen LogP contribution in [-0.2, 0) is 57.2 Å². The lowest BCUT2D eigenvalue weighted by molar-refractivity contribution is -0.166. The first-order chi connectivity index (χ1) is 23.4. The van der Waals surface area contributed by atoms with E-state index in [2.05, 4.69) is 13.2 Å². The van der Waals surface area contributed by atoms with E-state index in [1.807, 2.05) is 13.8 Å². The molecule has 7 rings (SSSR count). The number of hydrogen-bond acceptors (Lipinski definition) is 12. The fraction of sp³-hybridized carbons (Fsp3) is 0.737. The van der Waals surface area contributed by atoms with Crippen molar-refractivity contribution in [1.82, 2.24) is 0 Å². The molecule has 0 radical (unpaired) electrons. The molecule has 0 amide bonds. The first-order valence-electron chi connectivity index (χ1n) is 18.0. The second kappa shape index (κ2) is 12.3. The number of rotatable bonds is 2. The van der Waals surface area contributed by atoms with Gasteiger partial charge in [-0.2, -0.15) is 0 Å². The number of esters is 2. The normalized spacial score (nSPS) is 46.6. The van der Waals surface area contributed by atoms with Crippen LogP contribution in [0.15, 0.2) is 24.3 Å². The highest BCUT2D eigenvalue weighted by molar-refractivity contribution is 5.93. The molecule has 0 saturated carbocycles. The number of Topliss-reactive ketones (excluding diaryl/α,β-unsaturated/α-hetero) is 4. The summed E-state index contributed by atoms with van der Waals surface area (Å²) in [5, 5.41) is 0. The number of carbonyl (C=O) groups is 6. The summed E-state index contributed by atoms with van der Waals surface area (Å²) in [6.07, 6.45) is -4.32. The second-order valence-electron chi connectivity index (χ2n) is 16.6. The molecule has 7 aliphatic heterocycles. The zero-order chi connectivity index (χ0) is 36.0. The average molecular weight is 697 g/mol. The molecule has 50 heavy (non-hydrogen) atoms. The molecular formula is C38H48O12. The number of fused-ring (bicyclic) bond motifs is 4. The number of carbonyl (C=O) groups excluding carboxylic acids is 6. The van der Waals surface area contributed by atoms with E-state index >= 15 is 0 Å². The van der Waals surface area contributed by atoms with Crippen molar-refractivity contribution in [1.29, 1.82) is 0 Å². The van der Waals surface area contributed by atoms with E-state index < -0.39 is 71.0 Å². The van der Waals surface area contributed by atoms with Crippen molar-refractivity contribution in [3.63, 3.8) is 0 Å². The Balaban J connectivity index is 1.28. The van der Waals surface area contributed by atoms with Gasteiger partial charge in [-0.1, -0.05) is 24.3 Å². The van der Waals surface area contributed by atoms with E-state index in [4.69, 9.17) is 28.4 Å². The van der Waals surface area contributed by atoms with Gasteiger partial charge in [-0.05, 0) is 65.2 Å². The third-order valence-corrected chi connectivity index (χ3v) is 12.2. The molecule has 7 fully saturated rings. The van der Waals surface area contributed by atoms with Crippen molar-refractivity contribution in [2.24, 2.45) is 11.8 Å². The van der Waals surface area contributed by atoms with Gasteiger partial charge in [-0.15, -0.1) is 0 Å². The van der Waals surface area contributed by atoms with Crippen LogP contribution in [0.2, 0.25) is 0 Å². The molecular weight excluding hydrogens is 648 g/mol. The summed E-state index contributed by atoms with van der Waals surface area (Å²) in [5.41, 5.74) is -3.67. The molecule has 0 aromatic heterocycles. The smallest absolute Gasteiger partial charge is 0.341 e. The van der Waals surface area contributed by atoms with Gasteiger partial charge >= 0.3 is 11.9 Å². The van der Waals surface area contributed by atoms with Crippen molar-refractivity contribution in [2.75, 3.05) is 0 Å². The summed E-state index contributed by atoms with van der Waals surface area (Å²) in [7, 11) is 0. The molecule has 8 bridgehead atoms. The van der Waals surface area contributed by atoms with Crippen LogP contribution in [0.3, 0.4) is 0 Å². The zero-order valence-electron chi connectivity index (χ0n) is 29.4. The molecule has 0 spiro atoms. The Labute approximate surface area is 291 Å². The Morgan fingerprint density at radius 1 is 0.600 bits per heavy atom. The highest BCUT2D eigenvalue weighted by Crippen LogP contribution is 2.55. The number of hydrogen-bond donors (Lipinski definition) is 0. The molecule has 12 heteroatoms. The number of ketones is 4. The second-order valence-corrected chi connectivity index (χ2v) is 16.6. The highest BCUT2D eigenvalue weighted by Gasteiger charge is 2.74. The Bertz CT molecular complexity index is 1450. The lowest BCUT2D eigenvalue weighted by Gasteiger charge is -2.32. The van der Waals surface area contributed by atoms with Crippen LogP contribution in [0.4, 0.5) is 0 Å². The van der Waals surface area contributed by atoms with Crippen LogP contribution in [0, 0.1) is 11.8 Å². The molecule has 0 aliphatic carbocycles. The molecule has 7 heterocycles. The van der Waals surface area contributed by atoms with Gasteiger partial charge in [0.25, 0.3) is 0 Å². The fourth-order valence-electron chi connectivity index (χ4n) is 9.19. The molecule has 272 valence electrons. The van der Waals surface area contributed by atoms with Crippen molar-refractivity contribution in [3.05, 3.63) is 24.3 Å². The van der Waals surface area contributed by atoms with E-state index in [-0.39, 0.29) is 99.2 Å². The van der Waals surface area contributed by atoms with Gasteiger partial charge in [0.05, 0.1) is 11.2 Å². The first kappa shape index (κ1) is 35.3. The lowest BCUT2D eigenvalue weighted by Crippen LogP contribution is -2.48. The quantitative estimate of drug-likeness (QED) is 0.234. The Hall–Kier alpha value is -3.06. The van der Waals surface area contributed by atoms with Crippen LogP contribution < -0.4 is 0 Å². The molecule has 0 aromatic carbocycles. The van der Waals surface area contributed by atoms with Crippen molar-refractivity contribution in [3.8, 4) is 0 Å². The van der Waals surface area contributed by atoms with E-state index in [0.717, 1.165) is 11.1 Å². The summed E-state index contributed by atoms with van der Waals surface area (Å²) in [6, 6.07) is 0. The molecule has 12 atom stereocenters. The van der Waals surface area contributed by atoms with Gasteiger partial charge in [0.1, 0.15) is 48.2 Å². The number of allylic oxidation sites excluding steroid dienone is 2. The van der Waals surface area contributed by atoms with Crippen LogP contribution in [0.1, 0.15) is 105 Å². The minimum Gasteiger partial charge on any atom is -0.457 e.